The summed E-state index contributed by atoms with van der Waals surface area (Å²) in [5, 5.41) is 12.4. The van der Waals surface area contributed by atoms with Crippen molar-refractivity contribution in [3.05, 3.63) is 46.5 Å². The van der Waals surface area contributed by atoms with Gasteiger partial charge in [0.2, 0.25) is 0 Å². The van der Waals surface area contributed by atoms with E-state index in [0.717, 1.165) is 38.7 Å². The summed E-state index contributed by atoms with van der Waals surface area (Å²) in [5.41, 5.74) is 1.93. The SMILES string of the molecule is CCOC(Cc1ccc(OCCc2nc(C3CC3)oc2C)c2ccsc12)C(=O)O. The average molecular weight is 416 g/mol. The van der Waals surface area contributed by atoms with Gasteiger partial charge in [0.1, 0.15) is 11.5 Å². The Hall–Kier alpha value is -2.38. The van der Waals surface area contributed by atoms with Crippen LogP contribution in [0, 0.1) is 6.92 Å². The molecule has 1 N–H and O–H groups in total. The molecule has 3 aromatic rings. The zero-order chi connectivity index (χ0) is 20.4. The number of carboxylic acid groups (broad SMARTS) is 1. The number of nitrogens with zero attached hydrogens (tertiary/aromatic N) is 1. The number of aromatic nitrogens is 1. The van der Waals surface area contributed by atoms with Crippen molar-refractivity contribution < 1.29 is 23.8 Å². The number of aliphatic carboxylic acids is 1. The molecule has 1 fully saturated rings. The third-order valence-electron chi connectivity index (χ3n) is 5.14. The molecular weight excluding hydrogens is 390 g/mol. The number of hydrogen-bond donors (Lipinski definition) is 1. The minimum atomic E-state index is -0.939. The van der Waals surface area contributed by atoms with E-state index < -0.39 is 12.1 Å². The van der Waals surface area contributed by atoms with Gasteiger partial charge in [0, 0.05) is 35.5 Å². The first-order valence-corrected chi connectivity index (χ1v) is 10.9. The van der Waals surface area contributed by atoms with E-state index in [4.69, 9.17) is 13.9 Å². The number of hydrogen-bond acceptors (Lipinski definition) is 6. The fourth-order valence-corrected chi connectivity index (χ4v) is 4.38. The fraction of sp³-hybridized carbons (Fsp3) is 0.455. The number of ether oxygens (including phenoxy) is 2. The van der Waals surface area contributed by atoms with Crippen molar-refractivity contribution in [2.45, 2.75) is 51.6 Å². The van der Waals surface area contributed by atoms with Gasteiger partial charge in [-0.25, -0.2) is 9.78 Å². The van der Waals surface area contributed by atoms with E-state index in [-0.39, 0.29) is 0 Å². The van der Waals surface area contributed by atoms with Crippen LogP contribution in [-0.4, -0.2) is 35.4 Å². The van der Waals surface area contributed by atoms with Crippen LogP contribution in [0.4, 0.5) is 0 Å². The summed E-state index contributed by atoms with van der Waals surface area (Å²) in [6.07, 6.45) is 2.53. The Bertz CT molecular complexity index is 1000. The predicted octanol–water partition coefficient (Wildman–Crippen LogP) is 4.73. The summed E-state index contributed by atoms with van der Waals surface area (Å²) in [6, 6.07) is 5.87. The van der Waals surface area contributed by atoms with Gasteiger partial charge < -0.3 is 19.0 Å². The van der Waals surface area contributed by atoms with Crippen LogP contribution in [-0.2, 0) is 22.4 Å². The van der Waals surface area contributed by atoms with E-state index in [1.807, 2.05) is 30.5 Å². The molecule has 2 aromatic heterocycles. The van der Waals surface area contributed by atoms with E-state index in [1.165, 1.54) is 12.8 Å². The molecular formula is C22H25NO5S. The molecule has 29 heavy (non-hydrogen) atoms. The van der Waals surface area contributed by atoms with Crippen molar-refractivity contribution in [3.63, 3.8) is 0 Å². The Kier molecular flexibility index (Phi) is 5.87. The van der Waals surface area contributed by atoms with Crippen LogP contribution >= 0.6 is 11.3 Å². The van der Waals surface area contributed by atoms with E-state index in [1.54, 1.807) is 18.3 Å². The predicted molar refractivity (Wildman–Crippen MR) is 111 cm³/mol. The van der Waals surface area contributed by atoms with Crippen molar-refractivity contribution >= 4 is 27.4 Å². The van der Waals surface area contributed by atoms with Gasteiger partial charge in [0.15, 0.2) is 12.0 Å². The third kappa shape index (κ3) is 4.46. The van der Waals surface area contributed by atoms with Gasteiger partial charge in [-0.15, -0.1) is 11.3 Å². The number of rotatable bonds is 10. The molecule has 1 aliphatic carbocycles. The van der Waals surface area contributed by atoms with Crippen LogP contribution in [0.15, 0.2) is 28.0 Å². The van der Waals surface area contributed by atoms with Crippen LogP contribution in [0.2, 0.25) is 0 Å². The molecule has 0 radical (unpaired) electrons. The zero-order valence-corrected chi connectivity index (χ0v) is 17.5. The molecule has 0 spiro atoms. The van der Waals surface area contributed by atoms with Crippen LogP contribution in [0.25, 0.3) is 10.1 Å². The topological polar surface area (TPSA) is 81.8 Å². The number of thiophene rings is 1. The zero-order valence-electron chi connectivity index (χ0n) is 16.6. The molecule has 154 valence electrons. The number of carboxylic acids is 1. The maximum absolute atomic E-state index is 11.4. The molecule has 1 saturated carbocycles. The Morgan fingerprint density at radius 3 is 2.93 bits per heavy atom. The Balaban J connectivity index is 1.44. The molecule has 0 amide bonds. The molecule has 1 unspecified atom stereocenters. The molecule has 7 heteroatoms. The fourth-order valence-electron chi connectivity index (χ4n) is 3.44. The lowest BCUT2D eigenvalue weighted by Gasteiger charge is -2.14. The molecule has 2 heterocycles. The summed E-state index contributed by atoms with van der Waals surface area (Å²) in [5.74, 6) is 2.11. The molecule has 1 atom stereocenters. The van der Waals surface area contributed by atoms with Crippen LogP contribution in [0.5, 0.6) is 5.75 Å². The lowest BCUT2D eigenvalue weighted by atomic mass is 10.1. The Morgan fingerprint density at radius 1 is 1.38 bits per heavy atom. The molecule has 0 aliphatic heterocycles. The first-order valence-electron chi connectivity index (χ1n) is 9.99. The second-order valence-electron chi connectivity index (χ2n) is 7.30. The summed E-state index contributed by atoms with van der Waals surface area (Å²) in [4.78, 5) is 16.0. The standard InChI is InChI=1S/C22H25NO5S/c1-3-26-19(22(24)25)12-15-6-7-18(16-9-11-29-20(15)16)27-10-8-17-13(2)28-21(23-17)14-4-5-14/h6-7,9,11,14,19H,3-5,8,10,12H2,1-2H3,(H,24,25). The second-order valence-corrected chi connectivity index (χ2v) is 8.22. The molecule has 4 rings (SSSR count). The summed E-state index contributed by atoms with van der Waals surface area (Å²) >= 11 is 1.59. The number of carbonyl (C=O) groups is 1. The molecule has 1 aromatic carbocycles. The molecule has 1 aliphatic rings. The van der Waals surface area contributed by atoms with Gasteiger partial charge in [0.05, 0.1) is 12.3 Å². The van der Waals surface area contributed by atoms with Crippen molar-refractivity contribution in [3.8, 4) is 5.75 Å². The molecule has 0 saturated heterocycles. The van der Waals surface area contributed by atoms with Crippen LogP contribution < -0.4 is 4.74 Å². The van der Waals surface area contributed by atoms with Crippen LogP contribution in [0.3, 0.4) is 0 Å². The quantitative estimate of drug-likeness (QED) is 0.516. The highest BCUT2D eigenvalue weighted by Crippen LogP contribution is 2.40. The average Bonchev–Trinajstić information content (AvgIpc) is 3.31. The summed E-state index contributed by atoms with van der Waals surface area (Å²) in [6.45, 7) is 4.64. The van der Waals surface area contributed by atoms with Gasteiger partial charge in [-0.2, -0.15) is 0 Å². The molecule has 6 nitrogen and oxygen atoms in total. The van der Waals surface area contributed by atoms with Gasteiger partial charge in [0.25, 0.3) is 0 Å². The second kappa shape index (κ2) is 8.55. The Labute approximate surface area is 173 Å². The smallest absolute Gasteiger partial charge is 0.333 e. The number of benzene rings is 1. The van der Waals surface area contributed by atoms with E-state index in [2.05, 4.69) is 4.98 Å². The van der Waals surface area contributed by atoms with Crippen molar-refractivity contribution in [1.82, 2.24) is 4.98 Å². The monoisotopic (exact) mass is 415 g/mol. The normalized spacial score (nSPS) is 15.0. The summed E-state index contributed by atoms with van der Waals surface area (Å²) in [7, 11) is 0. The van der Waals surface area contributed by atoms with Crippen molar-refractivity contribution in [1.29, 1.82) is 0 Å². The highest BCUT2D eigenvalue weighted by molar-refractivity contribution is 7.17. The number of fused-ring (bicyclic) bond motifs is 1. The highest BCUT2D eigenvalue weighted by atomic mass is 32.1. The third-order valence-corrected chi connectivity index (χ3v) is 6.13. The largest absolute Gasteiger partial charge is 0.493 e. The van der Waals surface area contributed by atoms with Crippen molar-refractivity contribution in [2.24, 2.45) is 0 Å². The van der Waals surface area contributed by atoms with E-state index in [0.29, 0.717) is 32.0 Å². The van der Waals surface area contributed by atoms with E-state index >= 15 is 0 Å². The number of oxazole rings is 1. The number of aryl methyl sites for hydroxylation is 1. The highest BCUT2D eigenvalue weighted by Gasteiger charge is 2.29. The first-order chi connectivity index (χ1) is 14.1. The lowest BCUT2D eigenvalue weighted by Crippen LogP contribution is -2.26. The lowest BCUT2D eigenvalue weighted by molar-refractivity contribution is -0.149. The van der Waals surface area contributed by atoms with Gasteiger partial charge in [-0.1, -0.05) is 6.07 Å². The van der Waals surface area contributed by atoms with Gasteiger partial charge in [-0.3, -0.25) is 0 Å². The minimum absolute atomic E-state index is 0.336. The van der Waals surface area contributed by atoms with E-state index in [9.17, 15) is 9.90 Å². The van der Waals surface area contributed by atoms with Crippen molar-refractivity contribution in [2.75, 3.05) is 13.2 Å². The maximum Gasteiger partial charge on any atom is 0.333 e. The molecule has 0 bridgehead atoms. The Morgan fingerprint density at radius 2 is 2.21 bits per heavy atom. The summed E-state index contributed by atoms with van der Waals surface area (Å²) < 4.78 is 18.2. The maximum atomic E-state index is 11.4. The van der Waals surface area contributed by atoms with Gasteiger partial charge in [-0.05, 0) is 49.8 Å². The first kappa shape index (κ1) is 19.9. The van der Waals surface area contributed by atoms with Crippen LogP contribution in [0.1, 0.15) is 48.6 Å². The van der Waals surface area contributed by atoms with Gasteiger partial charge >= 0.3 is 5.97 Å². The minimum Gasteiger partial charge on any atom is -0.493 e.